The first kappa shape index (κ1) is 12.5. The summed E-state index contributed by atoms with van der Waals surface area (Å²) >= 11 is 0. The van der Waals surface area contributed by atoms with E-state index in [0.29, 0.717) is 5.56 Å². The lowest BCUT2D eigenvalue weighted by Crippen LogP contribution is -2.02. The van der Waals surface area contributed by atoms with Crippen LogP contribution in [0.1, 0.15) is 31.2 Å². The van der Waals surface area contributed by atoms with E-state index >= 15 is 0 Å². The van der Waals surface area contributed by atoms with Crippen LogP contribution in [0.3, 0.4) is 0 Å². The number of hydrogen-bond acceptors (Lipinski definition) is 3. The maximum absolute atomic E-state index is 9.00. The van der Waals surface area contributed by atoms with E-state index in [9.17, 15) is 0 Å². The molecule has 0 saturated heterocycles. The van der Waals surface area contributed by atoms with Crippen LogP contribution in [0.25, 0.3) is 22.4 Å². The summed E-state index contributed by atoms with van der Waals surface area (Å²) in [5.74, 6) is 1.74. The molecule has 0 N–H and O–H groups in total. The molecule has 0 amide bonds. The number of hydrogen-bond donors (Lipinski definition) is 0. The van der Waals surface area contributed by atoms with Crippen molar-refractivity contribution in [3.63, 3.8) is 0 Å². The van der Waals surface area contributed by atoms with Crippen molar-refractivity contribution >= 4 is 11.0 Å². The zero-order valence-corrected chi connectivity index (χ0v) is 11.7. The smallest absolute Gasteiger partial charge is 0.144 e. The first-order chi connectivity index (χ1) is 9.60. The van der Waals surface area contributed by atoms with Gasteiger partial charge in [0.05, 0.1) is 28.2 Å². The molecule has 1 aromatic carbocycles. The van der Waals surface area contributed by atoms with Gasteiger partial charge < -0.3 is 8.98 Å². The second-order valence-corrected chi connectivity index (χ2v) is 5.16. The predicted octanol–water partition coefficient (Wildman–Crippen LogP) is 4.06. The summed E-state index contributed by atoms with van der Waals surface area (Å²) in [6, 6.07) is 10.0. The molecule has 0 aliphatic carbocycles. The number of imidazole rings is 1. The van der Waals surface area contributed by atoms with Crippen molar-refractivity contribution < 1.29 is 4.42 Å². The summed E-state index contributed by atoms with van der Waals surface area (Å²) in [6.45, 7) is 6.16. The van der Waals surface area contributed by atoms with Gasteiger partial charge in [0.15, 0.2) is 0 Å². The van der Waals surface area contributed by atoms with Gasteiger partial charge >= 0.3 is 0 Å². The molecule has 4 heteroatoms. The normalized spacial score (nSPS) is 11.2. The topological polar surface area (TPSA) is 54.8 Å². The second kappa shape index (κ2) is 4.53. The third kappa shape index (κ3) is 1.88. The van der Waals surface area contributed by atoms with E-state index in [1.807, 2.05) is 31.2 Å². The molecule has 100 valence electrons. The molecule has 2 aromatic heterocycles. The van der Waals surface area contributed by atoms with Crippen LogP contribution in [0, 0.1) is 18.3 Å². The Labute approximate surface area is 117 Å². The minimum Gasteiger partial charge on any atom is -0.469 e. The Balaban J connectivity index is 2.31. The number of benzene rings is 1. The zero-order valence-electron chi connectivity index (χ0n) is 11.7. The average molecular weight is 265 g/mol. The number of furan rings is 1. The molecule has 2 heterocycles. The molecule has 0 bridgehead atoms. The van der Waals surface area contributed by atoms with Gasteiger partial charge in [-0.05, 0) is 45.0 Å². The summed E-state index contributed by atoms with van der Waals surface area (Å²) < 4.78 is 7.56. The summed E-state index contributed by atoms with van der Waals surface area (Å²) in [6.07, 6.45) is 1.72. The molecule has 0 unspecified atom stereocenters. The number of rotatable bonds is 2. The molecule has 0 aliphatic rings. The van der Waals surface area contributed by atoms with Gasteiger partial charge in [-0.3, -0.25) is 0 Å². The van der Waals surface area contributed by atoms with Crippen molar-refractivity contribution in [3.8, 4) is 17.5 Å². The molecule has 0 saturated carbocycles. The summed E-state index contributed by atoms with van der Waals surface area (Å²) in [7, 11) is 0. The largest absolute Gasteiger partial charge is 0.469 e. The van der Waals surface area contributed by atoms with Crippen molar-refractivity contribution in [3.05, 3.63) is 41.9 Å². The standard InChI is InChI=1S/C16H15N3O/c1-10(2)19-15-5-4-12(8-17)7-14(15)18-16(19)13-6-11(3)20-9-13/h4-7,9-10H,1-3H3. The van der Waals surface area contributed by atoms with Crippen molar-refractivity contribution in [1.29, 1.82) is 5.26 Å². The van der Waals surface area contributed by atoms with Crippen LogP contribution in [-0.2, 0) is 0 Å². The molecule has 20 heavy (non-hydrogen) atoms. The summed E-state index contributed by atoms with van der Waals surface area (Å²) in [5, 5.41) is 9.00. The van der Waals surface area contributed by atoms with Gasteiger partial charge in [0.25, 0.3) is 0 Å². The fourth-order valence-corrected chi connectivity index (χ4v) is 2.46. The first-order valence-corrected chi connectivity index (χ1v) is 6.57. The third-order valence-corrected chi connectivity index (χ3v) is 3.32. The van der Waals surface area contributed by atoms with Gasteiger partial charge in [-0.15, -0.1) is 0 Å². The van der Waals surface area contributed by atoms with Gasteiger partial charge in [0.2, 0.25) is 0 Å². The van der Waals surface area contributed by atoms with Gasteiger partial charge in [0.1, 0.15) is 17.8 Å². The third-order valence-electron chi connectivity index (χ3n) is 3.32. The Hall–Kier alpha value is -2.54. The van der Waals surface area contributed by atoms with Crippen molar-refractivity contribution in [2.45, 2.75) is 26.8 Å². The van der Waals surface area contributed by atoms with E-state index in [1.165, 1.54) is 0 Å². The highest BCUT2D eigenvalue weighted by Crippen LogP contribution is 2.29. The molecule has 0 fully saturated rings. The van der Waals surface area contributed by atoms with E-state index < -0.39 is 0 Å². The van der Waals surface area contributed by atoms with Crippen LogP contribution >= 0.6 is 0 Å². The highest BCUT2D eigenvalue weighted by atomic mass is 16.3. The second-order valence-electron chi connectivity index (χ2n) is 5.16. The first-order valence-electron chi connectivity index (χ1n) is 6.57. The average Bonchev–Trinajstić information content (AvgIpc) is 3.00. The van der Waals surface area contributed by atoms with Gasteiger partial charge in [-0.2, -0.15) is 5.26 Å². The van der Waals surface area contributed by atoms with Crippen molar-refractivity contribution in [2.24, 2.45) is 0 Å². The number of nitriles is 1. The Morgan fingerprint density at radius 3 is 2.70 bits per heavy atom. The lowest BCUT2D eigenvalue weighted by atomic mass is 10.2. The molecule has 0 aliphatic heterocycles. The molecule has 3 rings (SSSR count). The van der Waals surface area contributed by atoms with E-state index in [2.05, 4.69) is 29.5 Å². The van der Waals surface area contributed by atoms with Crippen molar-refractivity contribution in [2.75, 3.05) is 0 Å². The van der Waals surface area contributed by atoms with Gasteiger partial charge in [-0.25, -0.2) is 4.98 Å². The quantitative estimate of drug-likeness (QED) is 0.702. The molecule has 3 aromatic rings. The highest BCUT2D eigenvalue weighted by Gasteiger charge is 2.16. The number of fused-ring (bicyclic) bond motifs is 1. The van der Waals surface area contributed by atoms with Gasteiger partial charge in [-0.1, -0.05) is 0 Å². The fraction of sp³-hybridized carbons (Fsp3) is 0.250. The molecule has 0 spiro atoms. The number of nitrogens with zero attached hydrogens (tertiary/aromatic N) is 3. The highest BCUT2D eigenvalue weighted by molar-refractivity contribution is 5.82. The molecular weight excluding hydrogens is 250 g/mol. The van der Waals surface area contributed by atoms with E-state index in [0.717, 1.165) is 28.2 Å². The minimum absolute atomic E-state index is 0.276. The van der Waals surface area contributed by atoms with E-state index in [4.69, 9.17) is 9.68 Å². The SMILES string of the molecule is Cc1cc(-c2nc3cc(C#N)ccc3n2C(C)C)co1. The lowest BCUT2D eigenvalue weighted by molar-refractivity contribution is 0.534. The van der Waals surface area contributed by atoms with Crippen LogP contribution in [0.2, 0.25) is 0 Å². The predicted molar refractivity (Wildman–Crippen MR) is 77.3 cm³/mol. The van der Waals surface area contributed by atoms with Crippen LogP contribution in [-0.4, -0.2) is 9.55 Å². The monoisotopic (exact) mass is 265 g/mol. The van der Waals surface area contributed by atoms with Crippen LogP contribution in [0.15, 0.2) is 34.9 Å². The van der Waals surface area contributed by atoms with E-state index in [-0.39, 0.29) is 6.04 Å². The number of aromatic nitrogens is 2. The molecular formula is C16H15N3O. The molecule has 0 radical (unpaired) electrons. The molecule has 0 atom stereocenters. The number of aryl methyl sites for hydroxylation is 1. The Kier molecular flexibility index (Phi) is 2.83. The Bertz CT molecular complexity index is 818. The summed E-state index contributed by atoms with van der Waals surface area (Å²) in [5.41, 5.74) is 3.46. The van der Waals surface area contributed by atoms with Gasteiger partial charge in [0, 0.05) is 6.04 Å². The zero-order chi connectivity index (χ0) is 14.3. The van der Waals surface area contributed by atoms with Crippen molar-refractivity contribution in [1.82, 2.24) is 9.55 Å². The molecule has 4 nitrogen and oxygen atoms in total. The summed E-state index contributed by atoms with van der Waals surface area (Å²) in [4.78, 5) is 4.68. The van der Waals surface area contributed by atoms with Crippen LogP contribution in [0.5, 0.6) is 0 Å². The van der Waals surface area contributed by atoms with E-state index in [1.54, 1.807) is 6.26 Å². The fourth-order valence-electron chi connectivity index (χ4n) is 2.46. The van der Waals surface area contributed by atoms with Crippen LogP contribution in [0.4, 0.5) is 0 Å². The maximum atomic E-state index is 9.00. The van der Waals surface area contributed by atoms with Crippen LogP contribution < -0.4 is 0 Å². The Morgan fingerprint density at radius 1 is 1.30 bits per heavy atom. The minimum atomic E-state index is 0.276. The maximum Gasteiger partial charge on any atom is 0.144 e. The lowest BCUT2D eigenvalue weighted by Gasteiger charge is -2.11. The Morgan fingerprint density at radius 2 is 2.10 bits per heavy atom.